The van der Waals surface area contributed by atoms with E-state index in [0.717, 1.165) is 12.1 Å². The third-order valence-corrected chi connectivity index (χ3v) is 2.29. The van der Waals surface area contributed by atoms with Gasteiger partial charge in [0, 0.05) is 17.8 Å². The van der Waals surface area contributed by atoms with Gasteiger partial charge in [-0.1, -0.05) is 0 Å². The normalized spacial score (nSPS) is 10.8. The second-order valence-corrected chi connectivity index (χ2v) is 3.93. The van der Waals surface area contributed by atoms with E-state index < -0.39 is 24.0 Å². The molecule has 0 aliphatic carbocycles. The van der Waals surface area contributed by atoms with Crippen LogP contribution in [0.3, 0.4) is 0 Å². The Morgan fingerprint density at radius 3 is 2.14 bits per heavy atom. The number of anilines is 1. The average molecular weight is 304 g/mol. The van der Waals surface area contributed by atoms with Crippen LogP contribution in [-0.4, -0.2) is 35.6 Å². The smallest absolute Gasteiger partial charge is 0.471 e. The van der Waals surface area contributed by atoms with E-state index in [1.165, 1.54) is 12.1 Å². The van der Waals surface area contributed by atoms with Crippen LogP contribution in [0.4, 0.5) is 18.9 Å². The molecule has 3 N–H and O–H groups in total. The fourth-order valence-electron chi connectivity index (χ4n) is 1.29. The number of benzene rings is 1. The summed E-state index contributed by atoms with van der Waals surface area (Å²) in [5, 5.41) is 12.4. The van der Waals surface area contributed by atoms with Crippen molar-refractivity contribution in [2.45, 2.75) is 12.6 Å². The first-order valence-electron chi connectivity index (χ1n) is 5.68. The van der Waals surface area contributed by atoms with E-state index in [-0.39, 0.29) is 24.2 Å². The van der Waals surface area contributed by atoms with Gasteiger partial charge in [-0.15, -0.1) is 0 Å². The van der Waals surface area contributed by atoms with E-state index in [0.29, 0.717) is 0 Å². The Hall–Kier alpha value is -2.58. The van der Waals surface area contributed by atoms with Crippen LogP contribution in [0.5, 0.6) is 0 Å². The summed E-state index contributed by atoms with van der Waals surface area (Å²) in [4.78, 5) is 32.5. The predicted octanol–water partition coefficient (Wildman–Crippen LogP) is 1.39. The van der Waals surface area contributed by atoms with Crippen LogP contribution < -0.4 is 10.6 Å². The maximum absolute atomic E-state index is 12.0. The summed E-state index contributed by atoms with van der Waals surface area (Å²) >= 11 is 0. The third kappa shape index (κ3) is 5.51. The molecule has 1 aromatic carbocycles. The lowest BCUT2D eigenvalue weighted by Gasteiger charge is -2.08. The maximum Gasteiger partial charge on any atom is 0.471 e. The highest BCUT2D eigenvalue weighted by Crippen LogP contribution is 2.18. The minimum atomic E-state index is -4.99. The van der Waals surface area contributed by atoms with E-state index in [1.54, 1.807) is 5.32 Å². The lowest BCUT2D eigenvalue weighted by Crippen LogP contribution is -2.30. The van der Waals surface area contributed by atoms with E-state index >= 15 is 0 Å². The van der Waals surface area contributed by atoms with E-state index in [4.69, 9.17) is 5.11 Å². The van der Waals surface area contributed by atoms with Gasteiger partial charge in [-0.3, -0.25) is 14.4 Å². The summed E-state index contributed by atoms with van der Waals surface area (Å²) < 4.78 is 36.1. The van der Waals surface area contributed by atoms with Gasteiger partial charge in [-0.2, -0.15) is 13.2 Å². The molecule has 21 heavy (non-hydrogen) atoms. The van der Waals surface area contributed by atoms with Gasteiger partial charge in [-0.05, 0) is 24.3 Å². The number of aliphatic carboxylic acids is 1. The van der Waals surface area contributed by atoms with Gasteiger partial charge in [0.05, 0.1) is 6.42 Å². The van der Waals surface area contributed by atoms with E-state index in [9.17, 15) is 27.6 Å². The molecule has 0 aliphatic rings. The first-order valence-corrected chi connectivity index (χ1v) is 5.68. The highest BCUT2D eigenvalue weighted by atomic mass is 19.4. The lowest BCUT2D eigenvalue weighted by molar-refractivity contribution is -0.167. The molecule has 0 spiro atoms. The van der Waals surface area contributed by atoms with Crippen molar-refractivity contribution in [3.8, 4) is 0 Å². The van der Waals surface area contributed by atoms with Crippen molar-refractivity contribution in [3.05, 3.63) is 29.8 Å². The molecule has 0 aliphatic heterocycles. The monoisotopic (exact) mass is 304 g/mol. The van der Waals surface area contributed by atoms with Crippen LogP contribution in [-0.2, 0) is 9.59 Å². The van der Waals surface area contributed by atoms with Crippen LogP contribution in [0.1, 0.15) is 16.8 Å². The van der Waals surface area contributed by atoms with Gasteiger partial charge < -0.3 is 15.7 Å². The fraction of sp³-hybridized carbons (Fsp3) is 0.250. The Balaban J connectivity index is 2.59. The second kappa shape index (κ2) is 6.73. The Morgan fingerprint density at radius 1 is 1.10 bits per heavy atom. The summed E-state index contributed by atoms with van der Waals surface area (Å²) in [5.41, 5.74) is 0.0183. The molecule has 0 radical (unpaired) electrons. The molecular weight excluding hydrogens is 293 g/mol. The molecule has 0 aromatic heterocycles. The minimum Gasteiger partial charge on any atom is -0.481 e. The van der Waals surface area contributed by atoms with Crippen molar-refractivity contribution in [3.63, 3.8) is 0 Å². The number of rotatable bonds is 5. The molecular formula is C12H11F3N2O4. The second-order valence-electron chi connectivity index (χ2n) is 3.93. The van der Waals surface area contributed by atoms with E-state index in [2.05, 4.69) is 5.32 Å². The number of carbonyl (C=O) groups is 3. The topological polar surface area (TPSA) is 95.5 Å². The number of amides is 2. The first-order chi connectivity index (χ1) is 9.70. The predicted molar refractivity (Wildman–Crippen MR) is 65.7 cm³/mol. The van der Waals surface area contributed by atoms with Gasteiger partial charge in [-0.25, -0.2) is 0 Å². The number of carbonyl (C=O) groups excluding carboxylic acids is 2. The summed E-state index contributed by atoms with van der Waals surface area (Å²) in [6.45, 7) is -0.0687. The highest BCUT2D eigenvalue weighted by Gasteiger charge is 2.38. The SMILES string of the molecule is O=C(O)CCNC(=O)c1ccc(NC(=O)C(F)(F)F)cc1. The summed E-state index contributed by atoms with van der Waals surface area (Å²) in [6.07, 6.45) is -5.24. The molecule has 0 heterocycles. The van der Waals surface area contributed by atoms with Crippen LogP contribution >= 0.6 is 0 Å². The van der Waals surface area contributed by atoms with Crippen LogP contribution in [0.15, 0.2) is 24.3 Å². The highest BCUT2D eigenvalue weighted by molar-refractivity contribution is 5.97. The Morgan fingerprint density at radius 2 is 1.67 bits per heavy atom. The average Bonchev–Trinajstić information content (AvgIpc) is 2.37. The third-order valence-electron chi connectivity index (χ3n) is 2.29. The molecule has 2 amide bonds. The van der Waals surface area contributed by atoms with Crippen LogP contribution in [0, 0.1) is 0 Å². The van der Waals surface area contributed by atoms with Crippen molar-refractivity contribution in [2.75, 3.05) is 11.9 Å². The van der Waals surface area contributed by atoms with Gasteiger partial charge >= 0.3 is 18.1 Å². The van der Waals surface area contributed by atoms with Crippen molar-refractivity contribution < 1.29 is 32.7 Å². The largest absolute Gasteiger partial charge is 0.481 e. The number of hydrogen-bond donors (Lipinski definition) is 3. The summed E-state index contributed by atoms with van der Waals surface area (Å²) in [6, 6.07) is 4.69. The summed E-state index contributed by atoms with van der Waals surface area (Å²) in [5.74, 6) is -3.74. The zero-order valence-electron chi connectivity index (χ0n) is 10.5. The molecule has 0 bridgehead atoms. The molecule has 1 aromatic rings. The number of carboxylic acids is 1. The molecule has 0 fully saturated rings. The zero-order valence-corrected chi connectivity index (χ0v) is 10.5. The fourth-order valence-corrected chi connectivity index (χ4v) is 1.29. The van der Waals surface area contributed by atoms with Gasteiger partial charge in [0.1, 0.15) is 0 Å². The molecule has 9 heteroatoms. The Labute approximate surface area is 116 Å². The van der Waals surface area contributed by atoms with Gasteiger partial charge in [0.2, 0.25) is 0 Å². The minimum absolute atomic E-state index is 0.0687. The van der Waals surface area contributed by atoms with Gasteiger partial charge in [0.15, 0.2) is 0 Å². The lowest BCUT2D eigenvalue weighted by atomic mass is 10.2. The van der Waals surface area contributed by atoms with E-state index in [1.807, 2.05) is 0 Å². The molecule has 0 unspecified atom stereocenters. The first kappa shape index (κ1) is 16.5. The molecule has 0 atom stereocenters. The number of nitrogens with one attached hydrogen (secondary N) is 2. The quantitative estimate of drug-likeness (QED) is 0.766. The van der Waals surface area contributed by atoms with Crippen molar-refractivity contribution in [1.29, 1.82) is 0 Å². The van der Waals surface area contributed by atoms with Crippen LogP contribution in [0.2, 0.25) is 0 Å². The van der Waals surface area contributed by atoms with Crippen molar-refractivity contribution >= 4 is 23.5 Å². The Bertz CT molecular complexity index is 540. The summed E-state index contributed by atoms with van der Waals surface area (Å²) in [7, 11) is 0. The molecule has 0 saturated heterocycles. The number of halogens is 3. The molecule has 0 saturated carbocycles. The number of hydrogen-bond acceptors (Lipinski definition) is 3. The molecule has 114 valence electrons. The van der Waals surface area contributed by atoms with Crippen molar-refractivity contribution in [1.82, 2.24) is 5.32 Å². The maximum atomic E-state index is 12.0. The number of carboxylic acid groups (broad SMARTS) is 1. The standard InChI is InChI=1S/C12H11F3N2O4/c13-12(14,15)11(21)17-8-3-1-7(2-4-8)10(20)16-6-5-9(18)19/h1-4H,5-6H2,(H,16,20)(H,17,21)(H,18,19). The Kier molecular flexibility index (Phi) is 5.28. The number of alkyl halides is 3. The molecule has 1 rings (SSSR count). The molecule has 6 nitrogen and oxygen atoms in total. The van der Waals surface area contributed by atoms with Crippen molar-refractivity contribution in [2.24, 2.45) is 0 Å². The van der Waals surface area contributed by atoms with Crippen LogP contribution in [0.25, 0.3) is 0 Å². The zero-order chi connectivity index (χ0) is 16.0. The van der Waals surface area contributed by atoms with Gasteiger partial charge in [0.25, 0.3) is 5.91 Å².